The summed E-state index contributed by atoms with van der Waals surface area (Å²) in [4.78, 5) is 8.68. The van der Waals surface area contributed by atoms with E-state index in [9.17, 15) is 4.39 Å². The number of benzene rings is 1. The fourth-order valence-corrected chi connectivity index (χ4v) is 1.85. The molecule has 1 heterocycles. The largest absolute Gasteiger partial charge is 0.373 e. The average molecular weight is 260 g/mol. The summed E-state index contributed by atoms with van der Waals surface area (Å²) in [7, 11) is 1.82. The van der Waals surface area contributed by atoms with Crippen LogP contribution in [-0.4, -0.2) is 17.0 Å². The van der Waals surface area contributed by atoms with Crippen LogP contribution in [0, 0.1) is 26.6 Å². The summed E-state index contributed by atoms with van der Waals surface area (Å²) in [6.45, 7) is 5.50. The van der Waals surface area contributed by atoms with Crippen LogP contribution in [0.1, 0.15) is 17.0 Å². The molecule has 0 fully saturated rings. The molecule has 1 aromatic heterocycles. The highest BCUT2D eigenvalue weighted by atomic mass is 19.1. The van der Waals surface area contributed by atoms with Gasteiger partial charge in [0, 0.05) is 18.3 Å². The number of hydrogen-bond acceptors (Lipinski definition) is 4. The Morgan fingerprint density at radius 2 is 1.74 bits per heavy atom. The number of halogens is 1. The van der Waals surface area contributed by atoms with E-state index in [0.717, 1.165) is 22.9 Å². The van der Waals surface area contributed by atoms with Crippen molar-refractivity contribution >= 4 is 17.3 Å². The van der Waals surface area contributed by atoms with E-state index in [0.29, 0.717) is 11.4 Å². The molecule has 0 unspecified atom stereocenters. The molecule has 0 saturated heterocycles. The topological polar surface area (TPSA) is 49.8 Å². The Morgan fingerprint density at radius 1 is 1.05 bits per heavy atom. The first-order valence-corrected chi connectivity index (χ1v) is 6.07. The van der Waals surface area contributed by atoms with Gasteiger partial charge in [-0.05, 0) is 44.5 Å². The highest BCUT2D eigenvalue weighted by molar-refractivity contribution is 5.65. The van der Waals surface area contributed by atoms with Crippen molar-refractivity contribution in [2.45, 2.75) is 20.8 Å². The smallest absolute Gasteiger partial charge is 0.139 e. The van der Waals surface area contributed by atoms with Gasteiger partial charge in [-0.3, -0.25) is 0 Å². The molecule has 0 aliphatic heterocycles. The predicted octanol–water partition coefficient (Wildman–Crippen LogP) is 3.33. The van der Waals surface area contributed by atoms with Crippen molar-refractivity contribution in [3.8, 4) is 0 Å². The summed E-state index contributed by atoms with van der Waals surface area (Å²) < 4.78 is 13.2. The fraction of sp³-hybridized carbons (Fsp3) is 0.286. The van der Waals surface area contributed by atoms with Crippen LogP contribution in [0.2, 0.25) is 0 Å². The highest BCUT2D eigenvalue weighted by Gasteiger charge is 2.08. The lowest BCUT2D eigenvalue weighted by Gasteiger charge is -2.13. The third-order valence-electron chi connectivity index (χ3n) is 2.92. The van der Waals surface area contributed by atoms with Crippen LogP contribution in [-0.2, 0) is 0 Å². The molecule has 0 spiro atoms. The van der Waals surface area contributed by atoms with Gasteiger partial charge in [-0.15, -0.1) is 0 Å². The van der Waals surface area contributed by atoms with E-state index in [1.165, 1.54) is 6.07 Å². The van der Waals surface area contributed by atoms with E-state index < -0.39 is 0 Å². The number of nitrogens with zero attached hydrogens (tertiary/aromatic N) is 2. The second-order valence-electron chi connectivity index (χ2n) is 4.43. The minimum Gasteiger partial charge on any atom is -0.373 e. The number of aryl methyl sites for hydroxylation is 2. The van der Waals surface area contributed by atoms with Gasteiger partial charge in [0.1, 0.15) is 23.3 Å². The SMILES string of the molecule is CNc1nc(C)nc(Nc2ccc(F)c(C)c2)c1C. The Hall–Kier alpha value is -2.17. The Balaban J connectivity index is 2.37. The van der Waals surface area contributed by atoms with Crippen LogP contribution in [0.4, 0.5) is 21.7 Å². The quantitative estimate of drug-likeness (QED) is 0.888. The minimum absolute atomic E-state index is 0.211. The van der Waals surface area contributed by atoms with Crippen molar-refractivity contribution < 1.29 is 4.39 Å². The summed E-state index contributed by atoms with van der Waals surface area (Å²) in [5, 5.41) is 6.23. The molecule has 0 aliphatic carbocycles. The zero-order valence-corrected chi connectivity index (χ0v) is 11.5. The maximum Gasteiger partial charge on any atom is 0.139 e. The van der Waals surface area contributed by atoms with Crippen molar-refractivity contribution in [3.05, 3.63) is 41.0 Å². The van der Waals surface area contributed by atoms with Crippen molar-refractivity contribution in [2.24, 2.45) is 0 Å². The predicted molar refractivity (Wildman–Crippen MR) is 75.5 cm³/mol. The van der Waals surface area contributed by atoms with Crippen LogP contribution < -0.4 is 10.6 Å². The molecule has 19 heavy (non-hydrogen) atoms. The summed E-state index contributed by atoms with van der Waals surface area (Å²) in [5.41, 5.74) is 2.33. The normalized spacial score (nSPS) is 10.4. The monoisotopic (exact) mass is 260 g/mol. The Bertz CT molecular complexity index is 611. The van der Waals surface area contributed by atoms with Crippen LogP contribution >= 0.6 is 0 Å². The molecule has 100 valence electrons. The third kappa shape index (κ3) is 2.81. The van der Waals surface area contributed by atoms with Crippen LogP contribution in [0.15, 0.2) is 18.2 Å². The Labute approximate surface area is 112 Å². The van der Waals surface area contributed by atoms with E-state index in [4.69, 9.17) is 0 Å². The maximum absolute atomic E-state index is 13.2. The molecule has 4 nitrogen and oxygen atoms in total. The Morgan fingerprint density at radius 3 is 2.37 bits per heavy atom. The first kappa shape index (κ1) is 13.3. The van der Waals surface area contributed by atoms with Gasteiger partial charge in [0.2, 0.25) is 0 Å². The molecule has 0 aliphatic rings. The zero-order chi connectivity index (χ0) is 14.0. The van der Waals surface area contributed by atoms with Crippen molar-refractivity contribution in [1.82, 2.24) is 9.97 Å². The zero-order valence-electron chi connectivity index (χ0n) is 11.5. The Kier molecular flexibility index (Phi) is 3.64. The van der Waals surface area contributed by atoms with E-state index in [-0.39, 0.29) is 5.82 Å². The van der Waals surface area contributed by atoms with Crippen molar-refractivity contribution in [3.63, 3.8) is 0 Å². The lowest BCUT2D eigenvalue weighted by Crippen LogP contribution is -2.05. The van der Waals surface area contributed by atoms with Gasteiger partial charge in [0.05, 0.1) is 0 Å². The van der Waals surface area contributed by atoms with E-state index in [2.05, 4.69) is 20.6 Å². The maximum atomic E-state index is 13.2. The number of aromatic nitrogens is 2. The second-order valence-corrected chi connectivity index (χ2v) is 4.43. The number of anilines is 3. The highest BCUT2D eigenvalue weighted by Crippen LogP contribution is 2.24. The molecule has 0 amide bonds. The fourth-order valence-electron chi connectivity index (χ4n) is 1.85. The molecule has 2 rings (SSSR count). The number of hydrogen-bond donors (Lipinski definition) is 2. The first-order chi connectivity index (χ1) is 9.01. The molecule has 2 aromatic rings. The van der Waals surface area contributed by atoms with Gasteiger partial charge in [-0.1, -0.05) is 0 Å². The standard InChI is InChI=1S/C14H17FN4/c1-8-7-11(5-6-12(8)15)19-14-9(2)13(16-4)17-10(3)18-14/h5-7H,1-4H3,(H2,16,17,18,19). The van der Waals surface area contributed by atoms with E-state index >= 15 is 0 Å². The van der Waals surface area contributed by atoms with Gasteiger partial charge in [0.25, 0.3) is 0 Å². The average Bonchev–Trinajstić information content (AvgIpc) is 2.37. The van der Waals surface area contributed by atoms with Crippen molar-refractivity contribution in [1.29, 1.82) is 0 Å². The van der Waals surface area contributed by atoms with Crippen LogP contribution in [0.3, 0.4) is 0 Å². The van der Waals surface area contributed by atoms with E-state index in [1.807, 2.05) is 20.9 Å². The molecule has 0 radical (unpaired) electrons. The van der Waals surface area contributed by atoms with Gasteiger partial charge in [-0.2, -0.15) is 0 Å². The summed E-state index contributed by atoms with van der Waals surface area (Å²) in [5.74, 6) is 1.98. The van der Waals surface area contributed by atoms with Gasteiger partial charge in [0.15, 0.2) is 0 Å². The molecule has 1 aromatic carbocycles. The van der Waals surface area contributed by atoms with Crippen molar-refractivity contribution in [2.75, 3.05) is 17.7 Å². The lowest BCUT2D eigenvalue weighted by atomic mass is 10.2. The minimum atomic E-state index is -0.211. The van der Waals surface area contributed by atoms with Gasteiger partial charge >= 0.3 is 0 Å². The first-order valence-electron chi connectivity index (χ1n) is 6.07. The van der Waals surface area contributed by atoms with Crippen LogP contribution in [0.5, 0.6) is 0 Å². The molecule has 0 saturated carbocycles. The number of rotatable bonds is 3. The molecule has 2 N–H and O–H groups in total. The number of nitrogens with one attached hydrogen (secondary N) is 2. The van der Waals surface area contributed by atoms with Crippen LogP contribution in [0.25, 0.3) is 0 Å². The summed E-state index contributed by atoms with van der Waals surface area (Å²) in [6.07, 6.45) is 0. The summed E-state index contributed by atoms with van der Waals surface area (Å²) >= 11 is 0. The molecule has 0 bridgehead atoms. The molecule has 0 atom stereocenters. The molecule has 5 heteroatoms. The lowest BCUT2D eigenvalue weighted by molar-refractivity contribution is 0.619. The summed E-state index contributed by atoms with van der Waals surface area (Å²) in [6, 6.07) is 4.89. The second kappa shape index (κ2) is 5.22. The van der Waals surface area contributed by atoms with Gasteiger partial charge in [-0.25, -0.2) is 14.4 Å². The van der Waals surface area contributed by atoms with Gasteiger partial charge < -0.3 is 10.6 Å². The van der Waals surface area contributed by atoms with E-state index in [1.54, 1.807) is 19.1 Å². The third-order valence-corrected chi connectivity index (χ3v) is 2.92. The molecular formula is C14H17FN4. The molecular weight excluding hydrogens is 243 g/mol.